The van der Waals surface area contributed by atoms with Crippen LogP contribution >= 0.6 is 0 Å². The van der Waals surface area contributed by atoms with Gasteiger partial charge < -0.3 is 20.9 Å². The third-order valence-corrected chi connectivity index (χ3v) is 1.84. The Bertz CT molecular complexity index is 276. The van der Waals surface area contributed by atoms with Gasteiger partial charge in [-0.3, -0.25) is 0 Å². The van der Waals surface area contributed by atoms with Gasteiger partial charge in [-0.15, -0.1) is 0 Å². The maximum atomic E-state index is 8.68. The predicted octanol–water partition coefficient (Wildman–Crippen LogP) is 1.46. The van der Waals surface area contributed by atoms with Crippen molar-refractivity contribution in [2.75, 3.05) is 30.8 Å². The van der Waals surface area contributed by atoms with E-state index in [1.54, 1.807) is 6.07 Å². The van der Waals surface area contributed by atoms with Crippen LogP contribution in [0.15, 0.2) is 18.2 Å². The molecule has 0 heterocycles. The first kappa shape index (κ1) is 11.7. The molecule has 15 heavy (non-hydrogen) atoms. The van der Waals surface area contributed by atoms with Crippen molar-refractivity contribution < 1.29 is 9.84 Å². The number of ether oxygens (including phenoxy) is 1. The Morgan fingerprint density at radius 3 is 2.87 bits per heavy atom. The summed E-state index contributed by atoms with van der Waals surface area (Å²) in [5, 5.41) is 11.7. The molecule has 0 bridgehead atoms. The second-order valence-electron chi connectivity index (χ2n) is 3.29. The van der Waals surface area contributed by atoms with Gasteiger partial charge in [-0.2, -0.15) is 0 Å². The van der Waals surface area contributed by atoms with Crippen molar-refractivity contribution >= 4 is 11.4 Å². The van der Waals surface area contributed by atoms with Crippen molar-refractivity contribution in [1.82, 2.24) is 0 Å². The molecule has 0 atom stereocenters. The number of rotatable bonds is 6. The highest BCUT2D eigenvalue weighted by atomic mass is 16.5. The van der Waals surface area contributed by atoms with Crippen LogP contribution in [0.2, 0.25) is 0 Å². The van der Waals surface area contributed by atoms with Crippen molar-refractivity contribution in [3.63, 3.8) is 0 Å². The fraction of sp³-hybridized carbons (Fsp3) is 0.455. The quantitative estimate of drug-likeness (QED) is 0.622. The highest BCUT2D eigenvalue weighted by molar-refractivity contribution is 5.59. The number of aliphatic hydroxyl groups is 1. The summed E-state index contributed by atoms with van der Waals surface area (Å²) >= 11 is 0. The number of benzene rings is 1. The molecule has 0 aliphatic carbocycles. The monoisotopic (exact) mass is 210 g/mol. The van der Waals surface area contributed by atoms with Crippen molar-refractivity contribution in [3.8, 4) is 5.75 Å². The number of nitrogens with two attached hydrogens (primary N) is 1. The normalized spacial score (nSPS) is 10.0. The van der Waals surface area contributed by atoms with E-state index in [9.17, 15) is 0 Å². The molecular weight excluding hydrogens is 192 g/mol. The van der Waals surface area contributed by atoms with E-state index in [1.807, 2.05) is 12.1 Å². The fourth-order valence-electron chi connectivity index (χ4n) is 1.23. The van der Waals surface area contributed by atoms with Crippen LogP contribution in [0, 0.1) is 0 Å². The lowest BCUT2D eigenvalue weighted by atomic mass is 10.2. The maximum Gasteiger partial charge on any atom is 0.123 e. The van der Waals surface area contributed by atoms with Gasteiger partial charge in [0.25, 0.3) is 0 Å². The van der Waals surface area contributed by atoms with Gasteiger partial charge in [0.1, 0.15) is 5.75 Å². The molecule has 0 radical (unpaired) electrons. The summed E-state index contributed by atoms with van der Waals surface area (Å²) in [6.45, 7) is 3.34. The number of nitrogens with one attached hydrogen (secondary N) is 1. The van der Waals surface area contributed by atoms with Gasteiger partial charge in [-0.05, 0) is 12.5 Å². The van der Waals surface area contributed by atoms with Crippen molar-refractivity contribution in [2.24, 2.45) is 0 Å². The zero-order chi connectivity index (χ0) is 11.1. The van der Waals surface area contributed by atoms with Gasteiger partial charge in [0.2, 0.25) is 0 Å². The average molecular weight is 210 g/mol. The van der Waals surface area contributed by atoms with Crippen molar-refractivity contribution in [1.29, 1.82) is 0 Å². The summed E-state index contributed by atoms with van der Waals surface area (Å²) in [5.74, 6) is 0.761. The Kier molecular flexibility index (Phi) is 4.77. The van der Waals surface area contributed by atoms with Crippen LogP contribution in [0.1, 0.15) is 13.3 Å². The molecule has 0 saturated carbocycles. The van der Waals surface area contributed by atoms with Gasteiger partial charge in [-0.1, -0.05) is 6.92 Å². The molecule has 4 nitrogen and oxygen atoms in total. The lowest BCUT2D eigenvalue weighted by Crippen LogP contribution is -2.06. The summed E-state index contributed by atoms with van der Waals surface area (Å²) in [6, 6.07) is 5.48. The molecule has 0 amide bonds. The maximum absolute atomic E-state index is 8.68. The summed E-state index contributed by atoms with van der Waals surface area (Å²) < 4.78 is 5.47. The zero-order valence-electron chi connectivity index (χ0n) is 8.99. The molecule has 1 aromatic rings. The average Bonchev–Trinajstić information content (AvgIpc) is 2.23. The molecule has 0 unspecified atom stereocenters. The Hall–Kier alpha value is -1.42. The molecule has 0 saturated heterocycles. The van der Waals surface area contributed by atoms with E-state index >= 15 is 0 Å². The van der Waals surface area contributed by atoms with Crippen molar-refractivity contribution in [3.05, 3.63) is 18.2 Å². The number of aliphatic hydroxyl groups excluding tert-OH is 1. The molecule has 4 heteroatoms. The van der Waals surface area contributed by atoms with Gasteiger partial charge >= 0.3 is 0 Å². The van der Waals surface area contributed by atoms with E-state index < -0.39 is 0 Å². The molecule has 4 N–H and O–H groups in total. The summed E-state index contributed by atoms with van der Waals surface area (Å²) in [4.78, 5) is 0. The zero-order valence-corrected chi connectivity index (χ0v) is 8.99. The molecular formula is C11H18N2O2. The summed E-state index contributed by atoms with van der Waals surface area (Å²) in [6.07, 6.45) is 0.966. The second-order valence-corrected chi connectivity index (χ2v) is 3.29. The molecule has 0 fully saturated rings. The first-order chi connectivity index (χ1) is 7.26. The number of nitrogen functional groups attached to an aromatic ring is 1. The van der Waals surface area contributed by atoms with E-state index in [0.29, 0.717) is 18.8 Å². The summed E-state index contributed by atoms with van der Waals surface area (Å²) in [7, 11) is 0. The van der Waals surface area contributed by atoms with Crippen LogP contribution in [-0.4, -0.2) is 24.9 Å². The Morgan fingerprint density at radius 1 is 1.40 bits per heavy atom. The minimum atomic E-state index is 0.0972. The van der Waals surface area contributed by atoms with Gasteiger partial charge in [0.15, 0.2) is 0 Å². The van der Waals surface area contributed by atoms with Crippen LogP contribution in [0.25, 0.3) is 0 Å². The van der Waals surface area contributed by atoms with Gasteiger partial charge in [0.05, 0.1) is 13.2 Å². The van der Waals surface area contributed by atoms with E-state index in [1.165, 1.54) is 0 Å². The topological polar surface area (TPSA) is 67.5 Å². The number of anilines is 2. The second kappa shape index (κ2) is 6.14. The van der Waals surface area contributed by atoms with Crippen molar-refractivity contribution in [2.45, 2.75) is 13.3 Å². The lowest BCUT2D eigenvalue weighted by molar-refractivity contribution is 0.310. The number of hydrogen-bond acceptors (Lipinski definition) is 4. The summed E-state index contributed by atoms with van der Waals surface area (Å²) in [5.41, 5.74) is 7.25. The third-order valence-electron chi connectivity index (χ3n) is 1.84. The van der Waals surface area contributed by atoms with Crippen LogP contribution in [0.4, 0.5) is 11.4 Å². The van der Waals surface area contributed by atoms with E-state index in [0.717, 1.165) is 17.9 Å². The minimum absolute atomic E-state index is 0.0972. The fourth-order valence-corrected chi connectivity index (χ4v) is 1.23. The first-order valence-corrected chi connectivity index (χ1v) is 5.14. The highest BCUT2D eigenvalue weighted by Crippen LogP contribution is 2.22. The first-order valence-electron chi connectivity index (χ1n) is 5.14. The Morgan fingerprint density at radius 2 is 2.20 bits per heavy atom. The standard InChI is InChI=1S/C11H18N2O2/c1-2-5-15-11-7-9(12)6-10(8-11)13-3-4-14/h6-8,13-14H,2-5,12H2,1H3. The predicted molar refractivity (Wildman–Crippen MR) is 62.2 cm³/mol. The minimum Gasteiger partial charge on any atom is -0.493 e. The molecule has 0 aromatic heterocycles. The van der Waals surface area contributed by atoms with E-state index in [4.69, 9.17) is 15.6 Å². The molecule has 1 rings (SSSR count). The Labute approximate surface area is 90.1 Å². The van der Waals surface area contributed by atoms with Gasteiger partial charge in [0, 0.05) is 30.1 Å². The molecule has 0 spiro atoms. The molecule has 84 valence electrons. The van der Waals surface area contributed by atoms with Crippen LogP contribution in [0.5, 0.6) is 5.75 Å². The third kappa shape index (κ3) is 4.08. The smallest absolute Gasteiger partial charge is 0.123 e. The van der Waals surface area contributed by atoms with Crippen LogP contribution in [0.3, 0.4) is 0 Å². The SMILES string of the molecule is CCCOc1cc(N)cc(NCCO)c1. The van der Waals surface area contributed by atoms with Crippen LogP contribution in [-0.2, 0) is 0 Å². The molecule has 0 aliphatic rings. The molecule has 0 aliphatic heterocycles. The van der Waals surface area contributed by atoms with Gasteiger partial charge in [-0.25, -0.2) is 0 Å². The van der Waals surface area contributed by atoms with E-state index in [2.05, 4.69) is 12.2 Å². The largest absolute Gasteiger partial charge is 0.493 e. The molecule has 1 aromatic carbocycles. The lowest BCUT2D eigenvalue weighted by Gasteiger charge is -2.10. The highest BCUT2D eigenvalue weighted by Gasteiger charge is 1.99. The van der Waals surface area contributed by atoms with Crippen LogP contribution < -0.4 is 15.8 Å². The van der Waals surface area contributed by atoms with E-state index in [-0.39, 0.29) is 6.61 Å². The Balaban J connectivity index is 2.66. The number of hydrogen-bond donors (Lipinski definition) is 3.